The van der Waals surface area contributed by atoms with E-state index in [1.165, 1.54) is 11.8 Å². The van der Waals surface area contributed by atoms with E-state index >= 15 is 0 Å². The summed E-state index contributed by atoms with van der Waals surface area (Å²) in [6.07, 6.45) is 2.27. The number of benzene rings is 2. The lowest BCUT2D eigenvalue weighted by Gasteiger charge is -2.18. The fourth-order valence-corrected chi connectivity index (χ4v) is 3.88. The molecule has 0 radical (unpaired) electrons. The fourth-order valence-electron chi connectivity index (χ4n) is 2.97. The number of thioether (sulfide) groups is 1. The van der Waals surface area contributed by atoms with Gasteiger partial charge in [0.15, 0.2) is 0 Å². The Bertz CT molecular complexity index is 928. The first-order chi connectivity index (χ1) is 13.6. The van der Waals surface area contributed by atoms with Crippen LogP contribution in [0.15, 0.2) is 72.0 Å². The van der Waals surface area contributed by atoms with E-state index in [2.05, 4.69) is 35.2 Å². The van der Waals surface area contributed by atoms with Crippen molar-refractivity contribution >= 4 is 23.4 Å². The van der Waals surface area contributed by atoms with Crippen LogP contribution in [0.4, 0.5) is 5.69 Å². The molecule has 5 heteroatoms. The minimum absolute atomic E-state index is 0.000438. The smallest absolute Gasteiger partial charge is 0.237 e. The quantitative estimate of drug-likeness (QED) is 0.410. The minimum atomic E-state index is -0.223. The zero-order valence-corrected chi connectivity index (χ0v) is 17.2. The van der Waals surface area contributed by atoms with Gasteiger partial charge in [0, 0.05) is 11.3 Å². The Balaban J connectivity index is 1.75. The maximum atomic E-state index is 12.9. The topological polar surface area (TPSA) is 54.9 Å². The maximum Gasteiger partial charge on any atom is 0.237 e. The van der Waals surface area contributed by atoms with Crippen LogP contribution in [0, 0.1) is 0 Å². The van der Waals surface area contributed by atoms with Gasteiger partial charge in [0.2, 0.25) is 5.91 Å². The summed E-state index contributed by atoms with van der Waals surface area (Å²) >= 11 is 1.48. The lowest BCUT2D eigenvalue weighted by molar-refractivity contribution is -0.115. The largest absolute Gasteiger partial charge is 0.325 e. The van der Waals surface area contributed by atoms with Gasteiger partial charge in [-0.25, -0.2) is 9.97 Å². The van der Waals surface area contributed by atoms with Crippen molar-refractivity contribution in [1.29, 1.82) is 0 Å². The van der Waals surface area contributed by atoms with Gasteiger partial charge in [-0.15, -0.1) is 0 Å². The van der Waals surface area contributed by atoms with Gasteiger partial charge < -0.3 is 5.32 Å². The first-order valence-electron chi connectivity index (χ1n) is 9.52. The number of hydrogen-bond donors (Lipinski definition) is 1. The number of amides is 1. The Hall–Kier alpha value is -2.66. The summed E-state index contributed by atoms with van der Waals surface area (Å²) in [6.45, 7) is 6.27. The SMILES string of the molecule is CCC(Sc1cc(-c2ccccc2)ncn1)C(=O)Nc1ccccc1C(C)C. The molecule has 2 aromatic carbocycles. The van der Waals surface area contributed by atoms with Crippen molar-refractivity contribution in [3.8, 4) is 11.3 Å². The van der Waals surface area contributed by atoms with Gasteiger partial charge in [-0.05, 0) is 30.0 Å². The zero-order valence-electron chi connectivity index (χ0n) is 16.4. The molecule has 0 saturated heterocycles. The molecular weight excluding hydrogens is 366 g/mol. The number of carbonyl (C=O) groups excluding carboxylic acids is 1. The first-order valence-corrected chi connectivity index (χ1v) is 10.4. The highest BCUT2D eigenvalue weighted by atomic mass is 32.2. The molecule has 0 saturated carbocycles. The van der Waals surface area contributed by atoms with Crippen LogP contribution in [0.3, 0.4) is 0 Å². The summed E-state index contributed by atoms with van der Waals surface area (Å²) in [7, 11) is 0. The molecule has 1 amide bonds. The van der Waals surface area contributed by atoms with Crippen molar-refractivity contribution in [2.24, 2.45) is 0 Å². The molecule has 4 nitrogen and oxygen atoms in total. The number of aromatic nitrogens is 2. The molecule has 0 aliphatic carbocycles. The van der Waals surface area contributed by atoms with Crippen molar-refractivity contribution in [2.45, 2.75) is 43.4 Å². The van der Waals surface area contributed by atoms with Crippen LogP contribution in [0.5, 0.6) is 0 Å². The predicted octanol–water partition coefficient (Wildman–Crippen LogP) is 5.78. The Labute approximate surface area is 170 Å². The molecule has 1 unspecified atom stereocenters. The monoisotopic (exact) mass is 391 g/mol. The van der Waals surface area contributed by atoms with Gasteiger partial charge in [0.05, 0.1) is 10.9 Å². The van der Waals surface area contributed by atoms with Gasteiger partial charge in [0.1, 0.15) is 11.4 Å². The Morgan fingerprint density at radius 2 is 1.75 bits per heavy atom. The Morgan fingerprint density at radius 3 is 2.46 bits per heavy atom. The maximum absolute atomic E-state index is 12.9. The minimum Gasteiger partial charge on any atom is -0.325 e. The number of carbonyl (C=O) groups is 1. The second-order valence-electron chi connectivity index (χ2n) is 6.85. The third-order valence-electron chi connectivity index (χ3n) is 4.48. The lowest BCUT2D eigenvalue weighted by atomic mass is 10.0. The molecule has 0 fully saturated rings. The van der Waals surface area contributed by atoms with Crippen LogP contribution < -0.4 is 5.32 Å². The third kappa shape index (κ3) is 4.98. The molecule has 3 rings (SSSR count). The second-order valence-corrected chi connectivity index (χ2v) is 8.08. The van der Waals surface area contributed by atoms with Crippen LogP contribution in [0.25, 0.3) is 11.3 Å². The number of hydrogen-bond acceptors (Lipinski definition) is 4. The molecule has 144 valence electrons. The van der Waals surface area contributed by atoms with Crippen LogP contribution in [-0.2, 0) is 4.79 Å². The summed E-state index contributed by atoms with van der Waals surface area (Å²) in [5.41, 5.74) is 3.92. The number of rotatable bonds is 7. The molecule has 0 spiro atoms. The zero-order chi connectivity index (χ0) is 19.9. The van der Waals surface area contributed by atoms with Gasteiger partial charge in [-0.1, -0.05) is 81.1 Å². The molecule has 0 aliphatic rings. The summed E-state index contributed by atoms with van der Waals surface area (Å²) in [5.74, 6) is 0.347. The van der Waals surface area contributed by atoms with Gasteiger partial charge >= 0.3 is 0 Å². The molecule has 1 heterocycles. The molecule has 1 N–H and O–H groups in total. The van der Waals surface area contributed by atoms with Crippen molar-refractivity contribution in [2.75, 3.05) is 5.32 Å². The van der Waals surface area contributed by atoms with Crippen molar-refractivity contribution in [1.82, 2.24) is 9.97 Å². The molecule has 1 aromatic heterocycles. The molecule has 0 aliphatic heterocycles. The van der Waals surface area contributed by atoms with E-state index in [-0.39, 0.29) is 11.2 Å². The Kier molecular flexibility index (Phi) is 6.82. The van der Waals surface area contributed by atoms with E-state index in [9.17, 15) is 4.79 Å². The van der Waals surface area contributed by atoms with Gasteiger partial charge in [-0.2, -0.15) is 0 Å². The summed E-state index contributed by atoms with van der Waals surface area (Å²) in [5, 5.41) is 3.68. The van der Waals surface area contributed by atoms with Crippen molar-refractivity contribution in [3.63, 3.8) is 0 Å². The molecule has 0 bridgehead atoms. The standard InChI is InChI=1S/C23H25N3OS/c1-4-21(23(27)26-19-13-9-8-12-18(19)16(2)3)28-22-14-20(24-15-25-22)17-10-6-5-7-11-17/h5-16,21H,4H2,1-3H3,(H,26,27). The normalized spacial score (nSPS) is 12.0. The number of nitrogens with one attached hydrogen (secondary N) is 1. The number of nitrogens with zero attached hydrogens (tertiary/aromatic N) is 2. The third-order valence-corrected chi connectivity index (χ3v) is 5.78. The van der Waals surface area contributed by atoms with Crippen LogP contribution >= 0.6 is 11.8 Å². The fraction of sp³-hybridized carbons (Fsp3) is 0.261. The summed E-state index contributed by atoms with van der Waals surface area (Å²) in [6, 6.07) is 19.9. The van der Waals surface area contributed by atoms with Gasteiger partial charge in [-0.3, -0.25) is 4.79 Å². The summed E-state index contributed by atoms with van der Waals surface area (Å²) < 4.78 is 0. The van der Waals surface area contributed by atoms with Crippen LogP contribution in [0.2, 0.25) is 0 Å². The van der Waals surface area contributed by atoms with E-state index in [0.29, 0.717) is 12.3 Å². The highest BCUT2D eigenvalue weighted by Crippen LogP contribution is 2.29. The molecule has 3 aromatic rings. The molecular formula is C23H25N3OS. The van der Waals surface area contributed by atoms with Crippen LogP contribution in [0.1, 0.15) is 38.7 Å². The predicted molar refractivity (Wildman–Crippen MR) is 117 cm³/mol. The van der Waals surface area contributed by atoms with Crippen molar-refractivity contribution in [3.05, 3.63) is 72.6 Å². The van der Waals surface area contributed by atoms with E-state index in [4.69, 9.17) is 0 Å². The molecule has 28 heavy (non-hydrogen) atoms. The highest BCUT2D eigenvalue weighted by molar-refractivity contribution is 8.00. The average Bonchev–Trinajstić information content (AvgIpc) is 2.73. The summed E-state index contributed by atoms with van der Waals surface area (Å²) in [4.78, 5) is 21.6. The molecule has 1 atom stereocenters. The van der Waals surface area contributed by atoms with E-state index in [1.54, 1.807) is 6.33 Å². The average molecular weight is 392 g/mol. The van der Waals surface area contributed by atoms with Crippen molar-refractivity contribution < 1.29 is 4.79 Å². The highest BCUT2D eigenvalue weighted by Gasteiger charge is 2.20. The van der Waals surface area contributed by atoms with E-state index in [0.717, 1.165) is 27.5 Å². The lowest BCUT2D eigenvalue weighted by Crippen LogP contribution is -2.25. The Morgan fingerprint density at radius 1 is 1.04 bits per heavy atom. The van der Waals surface area contributed by atoms with E-state index < -0.39 is 0 Å². The number of anilines is 1. The van der Waals surface area contributed by atoms with Crippen LogP contribution in [-0.4, -0.2) is 21.1 Å². The second kappa shape index (κ2) is 9.51. The number of para-hydroxylation sites is 1. The van der Waals surface area contributed by atoms with E-state index in [1.807, 2.05) is 61.5 Å². The van der Waals surface area contributed by atoms with Gasteiger partial charge in [0.25, 0.3) is 0 Å². The first kappa shape index (κ1) is 20.1.